The molecule has 0 saturated carbocycles. The molecule has 2 rings (SSSR count). The van der Waals surface area contributed by atoms with E-state index in [9.17, 15) is 5.11 Å². The van der Waals surface area contributed by atoms with Gasteiger partial charge in [0.1, 0.15) is 11.9 Å². The van der Waals surface area contributed by atoms with E-state index >= 15 is 0 Å². The van der Waals surface area contributed by atoms with Gasteiger partial charge in [0.05, 0.1) is 4.88 Å². The number of aryl methyl sites for hydroxylation is 1. The number of furan rings is 1. The number of aliphatic hydroxyl groups is 1. The Kier molecular flexibility index (Phi) is 3.21. The van der Waals surface area contributed by atoms with Crippen LogP contribution in [0.1, 0.15) is 21.6 Å². The lowest BCUT2D eigenvalue weighted by molar-refractivity contribution is 0.192. The summed E-state index contributed by atoms with van der Waals surface area (Å²) in [6, 6.07) is 5.26. The third-order valence-corrected chi connectivity index (χ3v) is 4.17. The second-order valence-corrected chi connectivity index (χ2v) is 5.63. The van der Waals surface area contributed by atoms with Gasteiger partial charge in [-0.2, -0.15) is 0 Å². The summed E-state index contributed by atoms with van der Waals surface area (Å²) < 4.78 is 6.06. The van der Waals surface area contributed by atoms with Crippen LogP contribution >= 0.6 is 38.9 Å². The standard InChI is InChI=1S/C10H8BrClO2S/c1-5-4-6(11)10(15-5)9(13)7-2-3-8(12)14-7/h2-4,9,13H,1H3. The van der Waals surface area contributed by atoms with Gasteiger partial charge in [0.25, 0.3) is 0 Å². The fraction of sp³-hybridized carbons (Fsp3) is 0.200. The highest BCUT2D eigenvalue weighted by Crippen LogP contribution is 2.36. The number of halogens is 2. The van der Waals surface area contributed by atoms with Gasteiger partial charge in [-0.05, 0) is 52.7 Å². The summed E-state index contributed by atoms with van der Waals surface area (Å²) in [5, 5.41) is 10.3. The van der Waals surface area contributed by atoms with E-state index in [2.05, 4.69) is 15.9 Å². The molecule has 0 aliphatic rings. The van der Waals surface area contributed by atoms with Crippen molar-refractivity contribution in [2.75, 3.05) is 0 Å². The molecule has 2 aromatic heterocycles. The molecule has 0 fully saturated rings. The molecule has 1 N–H and O–H groups in total. The molecule has 0 radical (unpaired) electrons. The molecule has 0 aliphatic carbocycles. The molecule has 0 saturated heterocycles. The van der Waals surface area contributed by atoms with Gasteiger partial charge in [-0.15, -0.1) is 11.3 Å². The Morgan fingerprint density at radius 1 is 1.53 bits per heavy atom. The fourth-order valence-electron chi connectivity index (χ4n) is 1.29. The lowest BCUT2D eigenvalue weighted by atomic mass is 10.2. The molecule has 2 aromatic rings. The van der Waals surface area contributed by atoms with Crippen molar-refractivity contribution in [3.8, 4) is 0 Å². The Bertz CT molecular complexity index is 477. The second kappa shape index (κ2) is 4.29. The van der Waals surface area contributed by atoms with Crippen molar-refractivity contribution in [1.29, 1.82) is 0 Å². The van der Waals surface area contributed by atoms with Crippen LogP contribution < -0.4 is 0 Å². The Hall–Kier alpha value is -0.290. The van der Waals surface area contributed by atoms with Crippen molar-refractivity contribution in [3.63, 3.8) is 0 Å². The van der Waals surface area contributed by atoms with Gasteiger partial charge in [-0.25, -0.2) is 0 Å². The van der Waals surface area contributed by atoms with Gasteiger partial charge >= 0.3 is 0 Å². The van der Waals surface area contributed by atoms with E-state index in [0.717, 1.165) is 14.2 Å². The first-order valence-corrected chi connectivity index (χ1v) is 6.26. The summed E-state index contributed by atoms with van der Waals surface area (Å²) in [6.07, 6.45) is -0.759. The predicted molar refractivity (Wildman–Crippen MR) is 64.5 cm³/mol. The molecular formula is C10H8BrClO2S. The summed E-state index contributed by atoms with van der Waals surface area (Å²) in [7, 11) is 0. The fourth-order valence-corrected chi connectivity index (χ4v) is 3.31. The van der Waals surface area contributed by atoms with Crippen molar-refractivity contribution < 1.29 is 9.52 Å². The average Bonchev–Trinajstić information content (AvgIpc) is 2.71. The predicted octanol–water partition coefficient (Wildman–Crippen LogP) is 4.15. The number of rotatable bonds is 2. The Morgan fingerprint density at radius 3 is 2.73 bits per heavy atom. The zero-order valence-electron chi connectivity index (χ0n) is 7.83. The quantitative estimate of drug-likeness (QED) is 0.904. The highest BCUT2D eigenvalue weighted by atomic mass is 79.9. The summed E-state index contributed by atoms with van der Waals surface area (Å²) in [4.78, 5) is 1.96. The molecule has 0 aliphatic heterocycles. The first-order valence-electron chi connectivity index (χ1n) is 4.27. The molecule has 0 bridgehead atoms. The van der Waals surface area contributed by atoms with Crippen LogP contribution in [0.2, 0.25) is 5.22 Å². The van der Waals surface area contributed by atoms with E-state index in [1.165, 1.54) is 11.3 Å². The highest BCUT2D eigenvalue weighted by Gasteiger charge is 2.19. The van der Waals surface area contributed by atoms with E-state index in [4.69, 9.17) is 16.0 Å². The van der Waals surface area contributed by atoms with Crippen LogP contribution in [0.15, 0.2) is 27.1 Å². The van der Waals surface area contributed by atoms with Gasteiger partial charge in [0.2, 0.25) is 0 Å². The third kappa shape index (κ3) is 2.28. The first kappa shape index (κ1) is 11.2. The molecule has 0 spiro atoms. The van der Waals surface area contributed by atoms with Gasteiger partial charge < -0.3 is 9.52 Å². The van der Waals surface area contributed by atoms with Crippen LogP contribution in [0.4, 0.5) is 0 Å². The van der Waals surface area contributed by atoms with Crippen molar-refractivity contribution in [2.45, 2.75) is 13.0 Å². The normalized spacial score (nSPS) is 13.1. The van der Waals surface area contributed by atoms with Crippen LogP contribution in [-0.4, -0.2) is 5.11 Å². The van der Waals surface area contributed by atoms with Crippen molar-refractivity contribution in [2.24, 2.45) is 0 Å². The van der Waals surface area contributed by atoms with Gasteiger partial charge in [0, 0.05) is 9.35 Å². The summed E-state index contributed by atoms with van der Waals surface area (Å²) >= 11 is 10.6. The molecule has 2 nitrogen and oxygen atoms in total. The number of thiophene rings is 1. The number of hydrogen-bond donors (Lipinski definition) is 1. The summed E-state index contributed by atoms with van der Waals surface area (Å²) in [5.41, 5.74) is 0. The van der Waals surface area contributed by atoms with E-state index in [0.29, 0.717) is 5.76 Å². The monoisotopic (exact) mass is 306 g/mol. The van der Waals surface area contributed by atoms with E-state index in [1.54, 1.807) is 12.1 Å². The molecule has 80 valence electrons. The average molecular weight is 308 g/mol. The lowest BCUT2D eigenvalue weighted by Crippen LogP contribution is -1.95. The maximum absolute atomic E-state index is 10.0. The molecular weight excluding hydrogens is 300 g/mol. The molecule has 2 heterocycles. The van der Waals surface area contributed by atoms with Crippen LogP contribution in [0.25, 0.3) is 0 Å². The molecule has 0 aromatic carbocycles. The minimum atomic E-state index is -0.759. The van der Waals surface area contributed by atoms with Crippen LogP contribution in [-0.2, 0) is 0 Å². The van der Waals surface area contributed by atoms with Crippen molar-refractivity contribution in [1.82, 2.24) is 0 Å². The Morgan fingerprint density at radius 2 is 2.27 bits per heavy atom. The van der Waals surface area contributed by atoms with Gasteiger partial charge in [0.15, 0.2) is 5.22 Å². The minimum Gasteiger partial charge on any atom is -0.447 e. The topological polar surface area (TPSA) is 33.4 Å². The van der Waals surface area contributed by atoms with Gasteiger partial charge in [-0.3, -0.25) is 0 Å². The molecule has 1 unspecified atom stereocenters. The second-order valence-electron chi connectivity index (χ2n) is 3.11. The number of aliphatic hydroxyl groups excluding tert-OH is 1. The van der Waals surface area contributed by atoms with Crippen LogP contribution in [0.5, 0.6) is 0 Å². The molecule has 5 heteroatoms. The number of hydrogen-bond acceptors (Lipinski definition) is 3. The third-order valence-electron chi connectivity index (χ3n) is 1.95. The van der Waals surface area contributed by atoms with Crippen LogP contribution in [0, 0.1) is 6.92 Å². The minimum absolute atomic E-state index is 0.286. The molecule has 1 atom stereocenters. The Labute approximate surface area is 105 Å². The highest BCUT2D eigenvalue weighted by molar-refractivity contribution is 9.10. The Balaban J connectivity index is 2.35. The zero-order valence-corrected chi connectivity index (χ0v) is 11.0. The lowest BCUT2D eigenvalue weighted by Gasteiger charge is -2.05. The summed E-state index contributed by atoms with van der Waals surface area (Å²) in [6.45, 7) is 1.99. The van der Waals surface area contributed by atoms with Crippen molar-refractivity contribution in [3.05, 3.63) is 43.4 Å². The van der Waals surface area contributed by atoms with E-state index in [-0.39, 0.29) is 5.22 Å². The zero-order chi connectivity index (χ0) is 11.0. The smallest absolute Gasteiger partial charge is 0.193 e. The van der Waals surface area contributed by atoms with Crippen molar-refractivity contribution >= 4 is 38.9 Å². The summed E-state index contributed by atoms with van der Waals surface area (Å²) in [5.74, 6) is 0.461. The van der Waals surface area contributed by atoms with E-state index < -0.39 is 6.10 Å². The van der Waals surface area contributed by atoms with Gasteiger partial charge in [-0.1, -0.05) is 0 Å². The maximum Gasteiger partial charge on any atom is 0.193 e. The molecule has 15 heavy (non-hydrogen) atoms. The SMILES string of the molecule is Cc1cc(Br)c(C(O)c2ccc(Cl)o2)s1. The first-order chi connectivity index (χ1) is 7.08. The molecule has 0 amide bonds. The largest absolute Gasteiger partial charge is 0.447 e. The maximum atomic E-state index is 10.0. The van der Waals surface area contributed by atoms with E-state index in [1.807, 2.05) is 13.0 Å². The van der Waals surface area contributed by atoms with Crippen LogP contribution in [0.3, 0.4) is 0 Å².